The number of hydrogen-bond donors (Lipinski definition) is 3. The maximum absolute atomic E-state index is 15.1. The number of ether oxygens (including phenoxy) is 1. The van der Waals surface area contributed by atoms with Gasteiger partial charge < -0.3 is 24.8 Å². The van der Waals surface area contributed by atoms with Crippen molar-refractivity contribution < 1.29 is 28.9 Å². The van der Waals surface area contributed by atoms with Crippen molar-refractivity contribution in [2.45, 2.75) is 64.5 Å². The number of aryl methyl sites for hydroxylation is 2. The molecule has 0 fully saturated rings. The van der Waals surface area contributed by atoms with Crippen LogP contribution in [0.2, 0.25) is 0 Å². The van der Waals surface area contributed by atoms with E-state index in [9.17, 15) is 24.6 Å². The highest BCUT2D eigenvalue weighted by molar-refractivity contribution is 5.96. The normalized spacial score (nSPS) is 20.2. The molecule has 0 saturated heterocycles. The van der Waals surface area contributed by atoms with Gasteiger partial charge in [0.2, 0.25) is 0 Å². The largest absolute Gasteiger partial charge is 0.458 e. The molecule has 5 heterocycles. The third-order valence-corrected chi connectivity index (χ3v) is 8.94. The van der Waals surface area contributed by atoms with Gasteiger partial charge in [-0.3, -0.25) is 9.59 Å². The van der Waals surface area contributed by atoms with Crippen LogP contribution in [0.5, 0.6) is 0 Å². The number of aliphatic hydroxyl groups excluding tert-OH is 1. The quantitative estimate of drug-likeness (QED) is 0.271. The smallest absolute Gasteiger partial charge is 0.343 e. The van der Waals surface area contributed by atoms with Crippen LogP contribution in [-0.4, -0.2) is 46.6 Å². The van der Waals surface area contributed by atoms with E-state index in [4.69, 9.17) is 9.72 Å². The lowest BCUT2D eigenvalue weighted by atomic mass is 9.81. The molecule has 0 radical (unpaired) electrons. The van der Waals surface area contributed by atoms with Gasteiger partial charge in [0.1, 0.15) is 18.1 Å². The number of halogens is 1. The first-order chi connectivity index (χ1) is 20.1. The fourth-order valence-electron chi connectivity index (χ4n) is 6.71. The second kappa shape index (κ2) is 9.00. The van der Waals surface area contributed by atoms with Gasteiger partial charge in [-0.2, -0.15) is 0 Å². The zero-order valence-corrected chi connectivity index (χ0v) is 23.1. The summed E-state index contributed by atoms with van der Waals surface area (Å²) in [6.07, 6.45) is 0.943. The molecule has 0 spiro atoms. The molecule has 0 unspecified atom stereocenters. The van der Waals surface area contributed by atoms with Gasteiger partial charge in [-0.15, -0.1) is 5.10 Å². The van der Waals surface area contributed by atoms with Gasteiger partial charge in [0.05, 0.1) is 41.7 Å². The van der Waals surface area contributed by atoms with Gasteiger partial charge in [0.15, 0.2) is 11.3 Å². The number of amides is 1. The number of benzene rings is 1. The Morgan fingerprint density at radius 1 is 1.26 bits per heavy atom. The molecule has 1 aromatic carbocycles. The van der Waals surface area contributed by atoms with Crippen molar-refractivity contribution in [1.29, 1.82) is 0 Å². The van der Waals surface area contributed by atoms with E-state index in [0.717, 1.165) is 16.5 Å². The SMILES string of the molecule is CC[C@@]1(O)C(=O)OCc2c1cc1n(c2=O)Cc2c-1nc1cc(F)c(C)c3c1c2[C@@H](NC(=O)c1c(CO)nnn1C)CC3. The summed E-state index contributed by atoms with van der Waals surface area (Å²) < 4.78 is 23.1. The summed E-state index contributed by atoms with van der Waals surface area (Å²) in [5, 5.41) is 32.4. The monoisotopic (exact) mass is 574 g/mol. The highest BCUT2D eigenvalue weighted by atomic mass is 19.1. The van der Waals surface area contributed by atoms with Crippen molar-refractivity contribution in [3.8, 4) is 11.4 Å². The Bertz CT molecular complexity index is 1950. The zero-order valence-electron chi connectivity index (χ0n) is 23.1. The Morgan fingerprint density at radius 2 is 2.05 bits per heavy atom. The van der Waals surface area contributed by atoms with Crippen LogP contribution in [0.4, 0.5) is 4.39 Å². The summed E-state index contributed by atoms with van der Waals surface area (Å²) in [6.45, 7) is 2.75. The van der Waals surface area contributed by atoms with Crippen molar-refractivity contribution in [2.75, 3.05) is 0 Å². The Hall–Kier alpha value is -4.49. The molecule has 1 aliphatic carbocycles. The summed E-state index contributed by atoms with van der Waals surface area (Å²) in [5.74, 6) is -1.71. The van der Waals surface area contributed by atoms with E-state index < -0.39 is 41.5 Å². The van der Waals surface area contributed by atoms with Gasteiger partial charge in [-0.1, -0.05) is 12.1 Å². The summed E-state index contributed by atoms with van der Waals surface area (Å²) in [6, 6.07) is 2.43. The standard InChI is InChI=1S/C29H27FN6O6/c1-4-29(41)16-7-21-24-14(9-36(21)27(39)15(16)11-42-28(29)40)23-18(32-26(38)25-20(10-37)33-34-35(25)3)6-5-13-12(2)17(30)8-19(31-24)22(13)23/h7-8,18,37,41H,4-6,9-11H2,1-3H3,(H,32,38)/t18-,29-/m0/s1. The molecule has 2 atom stereocenters. The number of hydrogen-bond acceptors (Lipinski definition) is 9. The number of pyridine rings is 2. The zero-order chi connectivity index (χ0) is 29.7. The van der Waals surface area contributed by atoms with E-state index in [1.54, 1.807) is 27.0 Å². The molecule has 216 valence electrons. The van der Waals surface area contributed by atoms with Crippen molar-refractivity contribution in [2.24, 2.45) is 7.05 Å². The van der Waals surface area contributed by atoms with Gasteiger partial charge in [0, 0.05) is 29.6 Å². The van der Waals surface area contributed by atoms with E-state index >= 15 is 4.39 Å². The number of carbonyl (C=O) groups is 2. The summed E-state index contributed by atoms with van der Waals surface area (Å²) in [4.78, 5) is 44.6. The Balaban J connectivity index is 1.45. The van der Waals surface area contributed by atoms with Crippen LogP contribution in [-0.2, 0) is 48.4 Å². The molecule has 3 aromatic heterocycles. The molecule has 0 saturated carbocycles. The highest BCUT2D eigenvalue weighted by Gasteiger charge is 2.46. The first kappa shape index (κ1) is 26.4. The van der Waals surface area contributed by atoms with Crippen molar-refractivity contribution in [1.82, 2.24) is 29.9 Å². The fourth-order valence-corrected chi connectivity index (χ4v) is 6.71. The van der Waals surface area contributed by atoms with E-state index in [1.165, 1.54) is 15.3 Å². The number of fused-ring (bicyclic) bond motifs is 5. The third-order valence-electron chi connectivity index (χ3n) is 8.94. The van der Waals surface area contributed by atoms with Crippen LogP contribution in [0, 0.1) is 12.7 Å². The molecule has 4 aromatic rings. The molecular formula is C29H27FN6O6. The van der Waals surface area contributed by atoms with Crippen molar-refractivity contribution in [3.63, 3.8) is 0 Å². The number of nitrogens with one attached hydrogen (secondary N) is 1. The lowest BCUT2D eigenvalue weighted by molar-refractivity contribution is -0.172. The maximum atomic E-state index is 15.1. The van der Waals surface area contributed by atoms with Crippen LogP contribution < -0.4 is 10.9 Å². The van der Waals surface area contributed by atoms with Crippen molar-refractivity contribution >= 4 is 22.8 Å². The molecular weight excluding hydrogens is 547 g/mol. The number of rotatable bonds is 4. The van der Waals surface area contributed by atoms with Crippen LogP contribution in [0.1, 0.15) is 75.4 Å². The second-order valence-corrected chi connectivity index (χ2v) is 11.0. The first-order valence-corrected chi connectivity index (χ1v) is 13.7. The molecule has 7 rings (SSSR count). The Kier molecular flexibility index (Phi) is 5.66. The molecule has 2 aliphatic heterocycles. The molecule has 1 amide bonds. The molecule has 0 bridgehead atoms. The minimum absolute atomic E-state index is 0.00559. The second-order valence-electron chi connectivity index (χ2n) is 11.0. The van der Waals surface area contributed by atoms with E-state index in [0.29, 0.717) is 40.9 Å². The molecule has 42 heavy (non-hydrogen) atoms. The molecule has 13 heteroatoms. The number of aromatic nitrogens is 5. The van der Waals surface area contributed by atoms with Crippen LogP contribution >= 0.6 is 0 Å². The van der Waals surface area contributed by atoms with Gasteiger partial charge in [-0.25, -0.2) is 18.9 Å². The number of nitrogens with zero attached hydrogens (tertiary/aromatic N) is 5. The Labute approximate surface area is 237 Å². The van der Waals surface area contributed by atoms with Crippen LogP contribution in [0.25, 0.3) is 22.3 Å². The minimum Gasteiger partial charge on any atom is -0.458 e. The van der Waals surface area contributed by atoms with E-state index in [2.05, 4.69) is 15.6 Å². The highest BCUT2D eigenvalue weighted by Crippen LogP contribution is 2.46. The van der Waals surface area contributed by atoms with E-state index in [1.807, 2.05) is 0 Å². The van der Waals surface area contributed by atoms with Crippen molar-refractivity contribution in [3.05, 3.63) is 73.1 Å². The third kappa shape index (κ3) is 3.40. The molecule has 3 aliphatic rings. The lowest BCUT2D eigenvalue weighted by Crippen LogP contribution is -2.44. The number of cyclic esters (lactones) is 1. The summed E-state index contributed by atoms with van der Waals surface area (Å²) >= 11 is 0. The topological polar surface area (TPSA) is 161 Å². The minimum atomic E-state index is -1.98. The fraction of sp³-hybridized carbons (Fsp3) is 0.379. The number of carbonyl (C=O) groups excluding carboxylic acids is 2. The van der Waals surface area contributed by atoms with Gasteiger partial charge >= 0.3 is 5.97 Å². The average molecular weight is 575 g/mol. The predicted molar refractivity (Wildman–Crippen MR) is 145 cm³/mol. The number of aliphatic hydroxyl groups is 2. The van der Waals surface area contributed by atoms with Crippen LogP contribution in [0.15, 0.2) is 16.9 Å². The predicted octanol–water partition coefficient (Wildman–Crippen LogP) is 1.57. The van der Waals surface area contributed by atoms with Gasteiger partial charge in [0.25, 0.3) is 11.5 Å². The Morgan fingerprint density at radius 3 is 2.79 bits per heavy atom. The lowest BCUT2D eigenvalue weighted by Gasteiger charge is -2.31. The molecule has 12 nitrogen and oxygen atoms in total. The maximum Gasteiger partial charge on any atom is 0.343 e. The first-order valence-electron chi connectivity index (χ1n) is 13.7. The van der Waals surface area contributed by atoms with Gasteiger partial charge in [-0.05, 0) is 48.9 Å². The summed E-state index contributed by atoms with van der Waals surface area (Å²) in [5.41, 5.74) is 2.15. The summed E-state index contributed by atoms with van der Waals surface area (Å²) in [7, 11) is 1.56. The van der Waals surface area contributed by atoms with Crippen LogP contribution in [0.3, 0.4) is 0 Å². The van der Waals surface area contributed by atoms with E-state index in [-0.39, 0.29) is 42.1 Å². The average Bonchev–Trinajstić information content (AvgIpc) is 3.54. The number of esters is 1. The molecule has 3 N–H and O–H groups in total.